The number of nitrogens with zero attached hydrogens (tertiary/aromatic N) is 2. The zero-order valence-electron chi connectivity index (χ0n) is 9.88. The van der Waals surface area contributed by atoms with Crippen LogP contribution in [0.2, 0.25) is 0 Å². The smallest absolute Gasteiger partial charge is 0.357 e. The molecule has 0 amide bonds. The van der Waals surface area contributed by atoms with E-state index in [1.54, 1.807) is 24.9 Å². The second-order valence-corrected chi connectivity index (χ2v) is 3.64. The third-order valence-electron chi connectivity index (χ3n) is 2.45. The molecule has 0 unspecified atom stereocenters. The quantitative estimate of drug-likeness (QED) is 0.760. The summed E-state index contributed by atoms with van der Waals surface area (Å²) in [4.78, 5) is 16.1. The van der Waals surface area contributed by atoms with E-state index in [4.69, 9.17) is 4.74 Å². The fourth-order valence-electron chi connectivity index (χ4n) is 1.68. The minimum absolute atomic E-state index is 0.341. The Bertz CT molecular complexity index is 517. The number of aromatic nitrogens is 2. The Morgan fingerprint density at radius 3 is 2.71 bits per heavy atom. The molecule has 1 aromatic carbocycles. The van der Waals surface area contributed by atoms with Gasteiger partial charge in [0.15, 0.2) is 5.69 Å². The molecule has 0 aliphatic rings. The van der Waals surface area contributed by atoms with E-state index in [-0.39, 0.29) is 5.97 Å². The van der Waals surface area contributed by atoms with E-state index in [1.807, 2.05) is 30.3 Å². The normalized spacial score (nSPS) is 10.2. The van der Waals surface area contributed by atoms with Crippen LogP contribution in [-0.4, -0.2) is 22.1 Å². The van der Waals surface area contributed by atoms with Crippen LogP contribution in [0.4, 0.5) is 0 Å². The molecule has 0 aliphatic carbocycles. The van der Waals surface area contributed by atoms with Gasteiger partial charge in [-0.3, -0.25) is 0 Å². The Labute approximate surface area is 99.9 Å². The summed E-state index contributed by atoms with van der Waals surface area (Å²) in [6.07, 6.45) is 1.62. The highest BCUT2D eigenvalue weighted by molar-refractivity contribution is 5.94. The summed E-state index contributed by atoms with van der Waals surface area (Å²) < 4.78 is 6.71. The number of hydrogen-bond acceptors (Lipinski definition) is 3. The first-order chi connectivity index (χ1) is 8.24. The second kappa shape index (κ2) is 4.82. The fourth-order valence-corrected chi connectivity index (χ4v) is 1.68. The first kappa shape index (κ1) is 11.4. The Kier molecular flexibility index (Phi) is 3.23. The number of imidazole rings is 1. The molecular weight excluding hydrogens is 216 g/mol. The minimum Gasteiger partial charge on any atom is -0.461 e. The van der Waals surface area contributed by atoms with Crippen molar-refractivity contribution < 1.29 is 9.53 Å². The van der Waals surface area contributed by atoms with Crippen molar-refractivity contribution in [1.29, 1.82) is 0 Å². The number of hydrogen-bond donors (Lipinski definition) is 0. The van der Waals surface area contributed by atoms with Crippen LogP contribution in [0.3, 0.4) is 0 Å². The number of carbonyl (C=O) groups is 1. The molecule has 4 heteroatoms. The van der Waals surface area contributed by atoms with Crippen LogP contribution in [0.1, 0.15) is 17.4 Å². The van der Waals surface area contributed by atoms with Gasteiger partial charge in [-0.25, -0.2) is 9.78 Å². The van der Waals surface area contributed by atoms with Crippen LogP contribution in [0.5, 0.6) is 0 Å². The molecule has 0 bridgehead atoms. The number of benzene rings is 1. The Morgan fingerprint density at radius 2 is 2.06 bits per heavy atom. The van der Waals surface area contributed by atoms with Gasteiger partial charge in [-0.1, -0.05) is 30.3 Å². The maximum absolute atomic E-state index is 11.8. The second-order valence-electron chi connectivity index (χ2n) is 3.64. The molecule has 2 aromatic rings. The molecule has 1 aromatic heterocycles. The van der Waals surface area contributed by atoms with Crippen molar-refractivity contribution in [2.75, 3.05) is 6.61 Å². The van der Waals surface area contributed by atoms with Crippen LogP contribution in [0.15, 0.2) is 36.7 Å². The number of esters is 1. The third-order valence-corrected chi connectivity index (χ3v) is 2.45. The van der Waals surface area contributed by atoms with Crippen molar-refractivity contribution in [3.63, 3.8) is 0 Å². The lowest BCUT2D eigenvalue weighted by molar-refractivity contribution is 0.0516. The highest BCUT2D eigenvalue weighted by Crippen LogP contribution is 2.21. The van der Waals surface area contributed by atoms with Gasteiger partial charge in [0.05, 0.1) is 12.9 Å². The predicted molar refractivity (Wildman–Crippen MR) is 64.6 cm³/mol. The zero-order chi connectivity index (χ0) is 12.3. The number of rotatable bonds is 3. The van der Waals surface area contributed by atoms with Crippen LogP contribution in [-0.2, 0) is 11.8 Å². The van der Waals surface area contributed by atoms with Gasteiger partial charge in [0.1, 0.15) is 5.69 Å². The lowest BCUT2D eigenvalue weighted by Crippen LogP contribution is -2.10. The Balaban J connectivity index is 2.46. The number of carbonyl (C=O) groups excluding carboxylic acids is 1. The lowest BCUT2D eigenvalue weighted by atomic mass is 10.1. The van der Waals surface area contributed by atoms with Gasteiger partial charge < -0.3 is 9.30 Å². The average molecular weight is 230 g/mol. The topological polar surface area (TPSA) is 44.1 Å². The first-order valence-electron chi connectivity index (χ1n) is 5.48. The molecule has 2 rings (SSSR count). The summed E-state index contributed by atoms with van der Waals surface area (Å²) in [5.41, 5.74) is 2.06. The molecule has 0 aliphatic heterocycles. The Hall–Kier alpha value is -2.10. The van der Waals surface area contributed by atoms with Crippen molar-refractivity contribution in [3.8, 4) is 11.3 Å². The van der Waals surface area contributed by atoms with Crippen LogP contribution in [0.25, 0.3) is 11.3 Å². The van der Waals surface area contributed by atoms with Gasteiger partial charge in [-0.15, -0.1) is 0 Å². The van der Waals surface area contributed by atoms with E-state index in [0.29, 0.717) is 18.0 Å². The summed E-state index contributed by atoms with van der Waals surface area (Å²) in [6.45, 7) is 2.15. The first-order valence-corrected chi connectivity index (χ1v) is 5.48. The van der Waals surface area contributed by atoms with Gasteiger partial charge >= 0.3 is 5.97 Å². The average Bonchev–Trinajstić information content (AvgIpc) is 2.73. The SMILES string of the molecule is CCOC(=O)c1c(-c2ccccc2)ncn1C. The summed E-state index contributed by atoms with van der Waals surface area (Å²) in [5, 5.41) is 0. The van der Waals surface area contributed by atoms with Crippen molar-refractivity contribution in [2.45, 2.75) is 6.92 Å². The lowest BCUT2D eigenvalue weighted by Gasteiger charge is -2.05. The molecule has 88 valence electrons. The maximum Gasteiger partial charge on any atom is 0.357 e. The van der Waals surface area contributed by atoms with Crippen LogP contribution < -0.4 is 0 Å². The van der Waals surface area contributed by atoms with E-state index >= 15 is 0 Å². The van der Waals surface area contributed by atoms with Crippen LogP contribution in [0, 0.1) is 0 Å². The van der Waals surface area contributed by atoms with Gasteiger partial charge in [0, 0.05) is 12.6 Å². The largest absolute Gasteiger partial charge is 0.461 e. The molecule has 0 saturated carbocycles. The monoisotopic (exact) mass is 230 g/mol. The highest BCUT2D eigenvalue weighted by Gasteiger charge is 2.19. The van der Waals surface area contributed by atoms with Gasteiger partial charge in [-0.05, 0) is 6.92 Å². The third kappa shape index (κ3) is 2.20. The highest BCUT2D eigenvalue weighted by atomic mass is 16.5. The molecule has 0 saturated heterocycles. The molecule has 0 atom stereocenters. The summed E-state index contributed by atoms with van der Waals surface area (Å²) in [6, 6.07) is 9.60. The summed E-state index contributed by atoms with van der Waals surface area (Å²) >= 11 is 0. The molecule has 1 heterocycles. The van der Waals surface area contributed by atoms with E-state index in [9.17, 15) is 4.79 Å². The van der Waals surface area contributed by atoms with Crippen molar-refractivity contribution in [1.82, 2.24) is 9.55 Å². The molecule has 0 radical (unpaired) electrons. The zero-order valence-corrected chi connectivity index (χ0v) is 9.88. The summed E-state index contributed by atoms with van der Waals surface area (Å²) in [7, 11) is 1.78. The van der Waals surface area contributed by atoms with Crippen LogP contribution >= 0.6 is 0 Å². The minimum atomic E-state index is -0.341. The molecule has 17 heavy (non-hydrogen) atoms. The molecule has 0 N–H and O–H groups in total. The fraction of sp³-hybridized carbons (Fsp3) is 0.231. The van der Waals surface area contributed by atoms with E-state index in [0.717, 1.165) is 5.56 Å². The van der Waals surface area contributed by atoms with E-state index in [2.05, 4.69) is 4.98 Å². The van der Waals surface area contributed by atoms with Gasteiger partial charge in [0.2, 0.25) is 0 Å². The summed E-state index contributed by atoms with van der Waals surface area (Å²) in [5.74, 6) is -0.341. The number of ether oxygens (including phenoxy) is 1. The van der Waals surface area contributed by atoms with Gasteiger partial charge in [0.25, 0.3) is 0 Å². The maximum atomic E-state index is 11.8. The van der Waals surface area contributed by atoms with Crippen molar-refractivity contribution >= 4 is 5.97 Å². The molecule has 0 fully saturated rings. The standard InChI is InChI=1S/C13H14N2O2/c1-3-17-13(16)12-11(14-9-15(12)2)10-7-5-4-6-8-10/h4-9H,3H2,1-2H3. The molecule has 0 spiro atoms. The van der Waals surface area contributed by atoms with Crippen molar-refractivity contribution in [3.05, 3.63) is 42.4 Å². The predicted octanol–water partition coefficient (Wildman–Crippen LogP) is 2.26. The number of aryl methyl sites for hydroxylation is 1. The molecular formula is C13H14N2O2. The van der Waals surface area contributed by atoms with E-state index in [1.165, 1.54) is 0 Å². The van der Waals surface area contributed by atoms with E-state index < -0.39 is 0 Å². The Morgan fingerprint density at radius 1 is 1.35 bits per heavy atom. The van der Waals surface area contributed by atoms with Gasteiger partial charge in [-0.2, -0.15) is 0 Å². The molecule has 4 nitrogen and oxygen atoms in total. The van der Waals surface area contributed by atoms with Crippen molar-refractivity contribution in [2.24, 2.45) is 7.05 Å².